The van der Waals surface area contributed by atoms with Gasteiger partial charge in [0.05, 0.1) is 12.5 Å². The summed E-state index contributed by atoms with van der Waals surface area (Å²) in [6.45, 7) is 0.517. The van der Waals surface area contributed by atoms with Crippen LogP contribution in [0.5, 0.6) is 5.75 Å². The van der Waals surface area contributed by atoms with Crippen LogP contribution in [0.3, 0.4) is 0 Å². The summed E-state index contributed by atoms with van der Waals surface area (Å²) in [5.41, 5.74) is 2.09. The summed E-state index contributed by atoms with van der Waals surface area (Å²) in [4.78, 5) is 12.1. The lowest BCUT2D eigenvalue weighted by atomic mass is 10.0. The number of rotatable bonds is 3. The Kier molecular flexibility index (Phi) is 4.11. The minimum Gasteiger partial charge on any atom is -0.491 e. The predicted molar refractivity (Wildman–Crippen MR) is 82.7 cm³/mol. The van der Waals surface area contributed by atoms with Gasteiger partial charge in [0.1, 0.15) is 12.4 Å². The molecule has 0 aromatic heterocycles. The van der Waals surface area contributed by atoms with Gasteiger partial charge in [-0.2, -0.15) is 0 Å². The van der Waals surface area contributed by atoms with E-state index in [2.05, 4.69) is 5.32 Å². The van der Waals surface area contributed by atoms with Crippen molar-refractivity contribution in [3.05, 3.63) is 64.7 Å². The van der Waals surface area contributed by atoms with Gasteiger partial charge in [0.25, 0.3) is 0 Å². The van der Waals surface area contributed by atoms with E-state index in [4.69, 9.17) is 16.3 Å². The zero-order chi connectivity index (χ0) is 14.7. The number of para-hydroxylation sites is 1. The topological polar surface area (TPSA) is 38.3 Å². The van der Waals surface area contributed by atoms with Gasteiger partial charge in [-0.25, -0.2) is 0 Å². The Labute approximate surface area is 128 Å². The number of halogens is 1. The van der Waals surface area contributed by atoms with Crippen LogP contribution in [0.25, 0.3) is 0 Å². The largest absolute Gasteiger partial charge is 0.491 e. The first-order valence-corrected chi connectivity index (χ1v) is 7.33. The maximum absolute atomic E-state index is 12.1. The van der Waals surface area contributed by atoms with Crippen molar-refractivity contribution in [2.24, 2.45) is 0 Å². The molecule has 1 heterocycles. The van der Waals surface area contributed by atoms with Gasteiger partial charge < -0.3 is 10.1 Å². The molecule has 108 valence electrons. The Hall–Kier alpha value is -2.00. The number of hydrogen-bond donors (Lipinski definition) is 1. The first-order chi connectivity index (χ1) is 10.2. The fourth-order valence-electron chi connectivity index (χ4n) is 2.49. The molecule has 21 heavy (non-hydrogen) atoms. The van der Waals surface area contributed by atoms with Crippen molar-refractivity contribution < 1.29 is 9.53 Å². The number of ether oxygens (including phenoxy) is 1. The average Bonchev–Trinajstić information content (AvgIpc) is 2.49. The van der Waals surface area contributed by atoms with Crippen LogP contribution in [-0.4, -0.2) is 18.6 Å². The molecular weight excluding hydrogens is 286 g/mol. The molecule has 2 aromatic carbocycles. The van der Waals surface area contributed by atoms with Crippen LogP contribution in [0.4, 0.5) is 0 Å². The molecule has 1 aliphatic rings. The highest BCUT2D eigenvalue weighted by Crippen LogP contribution is 2.23. The van der Waals surface area contributed by atoms with Gasteiger partial charge in [0.2, 0.25) is 5.91 Å². The van der Waals surface area contributed by atoms with E-state index in [9.17, 15) is 4.79 Å². The van der Waals surface area contributed by atoms with Crippen LogP contribution >= 0.6 is 11.6 Å². The molecule has 0 spiro atoms. The van der Waals surface area contributed by atoms with Crippen molar-refractivity contribution >= 4 is 17.5 Å². The molecule has 0 saturated carbocycles. The van der Waals surface area contributed by atoms with Crippen LogP contribution in [0.2, 0.25) is 5.02 Å². The van der Waals surface area contributed by atoms with Gasteiger partial charge in [-0.05, 0) is 35.7 Å². The lowest BCUT2D eigenvalue weighted by Crippen LogP contribution is -2.43. The number of carbonyl (C=O) groups excluding carboxylic acids is 1. The molecule has 0 bridgehead atoms. The zero-order valence-electron chi connectivity index (χ0n) is 11.5. The number of carbonyl (C=O) groups is 1. The summed E-state index contributed by atoms with van der Waals surface area (Å²) in [7, 11) is 0. The molecule has 0 radical (unpaired) electrons. The minimum absolute atomic E-state index is 0.00491. The van der Waals surface area contributed by atoms with Crippen LogP contribution < -0.4 is 10.1 Å². The molecule has 1 atom stereocenters. The predicted octanol–water partition coefficient (Wildman–Crippen LogP) is 3.00. The summed E-state index contributed by atoms with van der Waals surface area (Å²) in [5, 5.41) is 3.70. The van der Waals surface area contributed by atoms with E-state index in [1.807, 2.05) is 36.4 Å². The molecule has 1 N–H and O–H groups in total. The highest BCUT2D eigenvalue weighted by Gasteiger charge is 2.20. The van der Waals surface area contributed by atoms with E-state index in [1.165, 1.54) is 0 Å². The Bertz CT molecular complexity index is 639. The van der Waals surface area contributed by atoms with Crippen LogP contribution in [0.15, 0.2) is 48.5 Å². The van der Waals surface area contributed by atoms with Gasteiger partial charge in [-0.1, -0.05) is 41.9 Å². The number of fused-ring (bicyclic) bond motifs is 1. The Morgan fingerprint density at radius 3 is 2.76 bits per heavy atom. The van der Waals surface area contributed by atoms with Crippen molar-refractivity contribution in [2.45, 2.75) is 18.9 Å². The normalized spacial score (nSPS) is 16.7. The highest BCUT2D eigenvalue weighted by molar-refractivity contribution is 6.30. The third-order valence-corrected chi connectivity index (χ3v) is 3.77. The maximum Gasteiger partial charge on any atom is 0.224 e. The first kappa shape index (κ1) is 14.0. The fraction of sp³-hybridized carbons (Fsp3) is 0.235. The minimum atomic E-state index is 0.00491. The molecule has 2 aromatic rings. The van der Waals surface area contributed by atoms with Gasteiger partial charge in [0, 0.05) is 5.02 Å². The Morgan fingerprint density at radius 1 is 1.19 bits per heavy atom. The number of hydrogen-bond acceptors (Lipinski definition) is 2. The van der Waals surface area contributed by atoms with Crippen molar-refractivity contribution in [3.63, 3.8) is 0 Å². The molecular formula is C17H16ClNO2. The molecule has 1 amide bonds. The zero-order valence-corrected chi connectivity index (χ0v) is 12.3. The van der Waals surface area contributed by atoms with E-state index in [-0.39, 0.29) is 11.9 Å². The molecule has 3 nitrogen and oxygen atoms in total. The Morgan fingerprint density at radius 2 is 1.95 bits per heavy atom. The summed E-state index contributed by atoms with van der Waals surface area (Å²) in [6.07, 6.45) is 1.16. The SMILES string of the molecule is O=C(Cc1ccc(Cl)cc1)NC1COc2ccccc2C1. The molecule has 1 unspecified atom stereocenters. The van der Waals surface area contributed by atoms with Crippen molar-refractivity contribution in [2.75, 3.05) is 6.61 Å². The second-order valence-corrected chi connectivity index (χ2v) is 5.63. The molecule has 1 aliphatic heterocycles. The smallest absolute Gasteiger partial charge is 0.224 e. The monoisotopic (exact) mass is 301 g/mol. The summed E-state index contributed by atoms with van der Waals surface area (Å²) < 4.78 is 5.67. The maximum atomic E-state index is 12.1. The molecule has 0 saturated heterocycles. The molecule has 3 rings (SSSR count). The number of nitrogens with one attached hydrogen (secondary N) is 1. The molecule has 0 aliphatic carbocycles. The van der Waals surface area contributed by atoms with Crippen molar-refractivity contribution in [1.82, 2.24) is 5.32 Å². The lowest BCUT2D eigenvalue weighted by molar-refractivity contribution is -0.121. The van der Waals surface area contributed by atoms with Crippen LogP contribution in [-0.2, 0) is 17.6 Å². The first-order valence-electron chi connectivity index (χ1n) is 6.95. The van der Waals surface area contributed by atoms with Crippen molar-refractivity contribution in [1.29, 1.82) is 0 Å². The van der Waals surface area contributed by atoms with Crippen LogP contribution in [0, 0.1) is 0 Å². The third-order valence-electron chi connectivity index (χ3n) is 3.52. The third kappa shape index (κ3) is 3.56. The lowest BCUT2D eigenvalue weighted by Gasteiger charge is -2.26. The van der Waals surface area contributed by atoms with Crippen LogP contribution in [0.1, 0.15) is 11.1 Å². The van der Waals surface area contributed by atoms with E-state index < -0.39 is 0 Å². The van der Waals surface area contributed by atoms with Gasteiger partial charge in [0.15, 0.2) is 0 Å². The van der Waals surface area contributed by atoms with Gasteiger partial charge in [-0.3, -0.25) is 4.79 Å². The van der Waals surface area contributed by atoms with Gasteiger partial charge in [-0.15, -0.1) is 0 Å². The van der Waals surface area contributed by atoms with Crippen molar-refractivity contribution in [3.8, 4) is 5.75 Å². The summed E-state index contributed by atoms with van der Waals surface area (Å²) in [6, 6.07) is 15.3. The standard InChI is InChI=1S/C17H16ClNO2/c18-14-7-5-12(6-8-14)9-17(20)19-15-10-13-3-1-2-4-16(13)21-11-15/h1-8,15H,9-11H2,(H,19,20). The Balaban J connectivity index is 1.57. The second kappa shape index (κ2) is 6.19. The van der Waals surface area contributed by atoms with E-state index in [1.54, 1.807) is 12.1 Å². The average molecular weight is 302 g/mol. The fourth-order valence-corrected chi connectivity index (χ4v) is 2.61. The van der Waals surface area contributed by atoms with E-state index >= 15 is 0 Å². The number of amides is 1. The summed E-state index contributed by atoms with van der Waals surface area (Å²) in [5.74, 6) is 0.922. The highest BCUT2D eigenvalue weighted by atomic mass is 35.5. The second-order valence-electron chi connectivity index (χ2n) is 5.19. The molecule has 4 heteroatoms. The quantitative estimate of drug-likeness (QED) is 0.946. The summed E-state index contributed by atoms with van der Waals surface area (Å²) >= 11 is 5.83. The number of benzene rings is 2. The molecule has 0 fully saturated rings. The van der Waals surface area contributed by atoms with Gasteiger partial charge >= 0.3 is 0 Å². The van der Waals surface area contributed by atoms with E-state index in [0.717, 1.165) is 23.3 Å². The van der Waals surface area contributed by atoms with E-state index in [0.29, 0.717) is 18.1 Å².